The van der Waals surface area contributed by atoms with Crippen LogP contribution in [-0.2, 0) is 25.9 Å². The molecule has 4 aromatic rings. The molecule has 2 heterocycles. The lowest BCUT2D eigenvalue weighted by molar-refractivity contribution is 0.305. The van der Waals surface area contributed by atoms with Crippen LogP contribution in [-0.4, -0.2) is 24.5 Å². The molecule has 0 spiro atoms. The normalized spacial score (nSPS) is 17.0. The number of allylic oxidation sites excluding steroid dienone is 1. The van der Waals surface area contributed by atoms with Gasteiger partial charge in [0.25, 0.3) is 0 Å². The van der Waals surface area contributed by atoms with Crippen molar-refractivity contribution in [1.82, 2.24) is 4.90 Å². The lowest BCUT2D eigenvalue weighted by Gasteiger charge is -2.39. The minimum absolute atomic E-state index is 0.164. The van der Waals surface area contributed by atoms with E-state index in [2.05, 4.69) is 76.7 Å². The highest BCUT2D eigenvalue weighted by Gasteiger charge is 2.28. The van der Waals surface area contributed by atoms with E-state index in [1.54, 1.807) is 12.1 Å². The molecule has 2 aliphatic heterocycles. The van der Waals surface area contributed by atoms with Crippen LogP contribution in [0.4, 0.5) is 10.1 Å². The van der Waals surface area contributed by atoms with Gasteiger partial charge in [-0.1, -0.05) is 66.7 Å². The smallest absolute Gasteiger partial charge is 0.123 e. The van der Waals surface area contributed by atoms with Crippen molar-refractivity contribution in [3.05, 3.63) is 143 Å². The van der Waals surface area contributed by atoms with Crippen molar-refractivity contribution in [3.8, 4) is 5.75 Å². The van der Waals surface area contributed by atoms with Crippen LogP contribution in [0, 0.1) is 5.82 Å². The molecule has 0 aromatic heterocycles. The zero-order valence-corrected chi connectivity index (χ0v) is 23.7. The molecule has 4 heteroatoms. The van der Waals surface area contributed by atoms with E-state index in [9.17, 15) is 4.39 Å². The van der Waals surface area contributed by atoms with Crippen LogP contribution in [0.25, 0.3) is 0 Å². The average molecular weight is 547 g/mol. The Labute approximate surface area is 243 Å². The lowest BCUT2D eigenvalue weighted by atomic mass is 9.88. The van der Waals surface area contributed by atoms with E-state index in [0.717, 1.165) is 42.8 Å². The number of piperidine rings is 1. The number of nitrogens with zero attached hydrogens (tertiary/aromatic N) is 2. The van der Waals surface area contributed by atoms with Gasteiger partial charge in [0.15, 0.2) is 0 Å². The largest absolute Gasteiger partial charge is 0.489 e. The van der Waals surface area contributed by atoms with Gasteiger partial charge in [0.05, 0.1) is 6.04 Å². The predicted molar refractivity (Wildman–Crippen MR) is 166 cm³/mol. The van der Waals surface area contributed by atoms with E-state index in [0.29, 0.717) is 6.61 Å². The summed E-state index contributed by atoms with van der Waals surface area (Å²) >= 11 is 0. The molecule has 0 aliphatic carbocycles. The lowest BCUT2D eigenvalue weighted by Crippen LogP contribution is -2.36. The summed E-state index contributed by atoms with van der Waals surface area (Å²) in [5, 5.41) is 0. The van der Waals surface area contributed by atoms with Crippen molar-refractivity contribution in [2.75, 3.05) is 24.5 Å². The van der Waals surface area contributed by atoms with Crippen LogP contribution in [0.1, 0.15) is 53.1 Å². The second-order valence-electron chi connectivity index (χ2n) is 11.3. The van der Waals surface area contributed by atoms with Crippen LogP contribution < -0.4 is 9.64 Å². The Morgan fingerprint density at radius 2 is 1.51 bits per heavy atom. The number of likely N-dealkylation sites (tertiary alicyclic amines) is 1. The van der Waals surface area contributed by atoms with Crippen LogP contribution in [0.3, 0.4) is 0 Å². The first-order valence-electron chi connectivity index (χ1n) is 15.0. The van der Waals surface area contributed by atoms with E-state index in [-0.39, 0.29) is 11.9 Å². The summed E-state index contributed by atoms with van der Waals surface area (Å²) in [6.45, 7) is 3.81. The van der Waals surface area contributed by atoms with E-state index in [4.69, 9.17) is 4.74 Å². The molecule has 41 heavy (non-hydrogen) atoms. The fourth-order valence-electron chi connectivity index (χ4n) is 6.12. The zero-order valence-electron chi connectivity index (χ0n) is 23.7. The van der Waals surface area contributed by atoms with E-state index in [1.807, 2.05) is 30.3 Å². The summed E-state index contributed by atoms with van der Waals surface area (Å²) < 4.78 is 19.9. The van der Waals surface area contributed by atoms with Gasteiger partial charge in [0.2, 0.25) is 0 Å². The maximum Gasteiger partial charge on any atom is 0.123 e. The summed E-state index contributed by atoms with van der Waals surface area (Å²) in [4.78, 5) is 4.88. The Kier molecular flexibility index (Phi) is 8.65. The number of halogens is 1. The number of ether oxygens (including phenoxy) is 1. The molecule has 1 saturated heterocycles. The molecule has 0 bridgehead atoms. The maximum absolute atomic E-state index is 13.8. The van der Waals surface area contributed by atoms with Gasteiger partial charge in [-0.2, -0.15) is 0 Å². The summed E-state index contributed by atoms with van der Waals surface area (Å²) in [5.74, 6) is 0.705. The fourth-order valence-corrected chi connectivity index (χ4v) is 6.12. The third-order valence-electron chi connectivity index (χ3n) is 8.39. The number of hydrogen-bond donors (Lipinski definition) is 0. The van der Waals surface area contributed by atoms with Crippen molar-refractivity contribution in [2.45, 2.75) is 51.2 Å². The fraction of sp³-hybridized carbons (Fsp3) is 0.297. The highest BCUT2D eigenvalue weighted by molar-refractivity contribution is 5.54. The van der Waals surface area contributed by atoms with Gasteiger partial charge in [-0.15, -0.1) is 0 Å². The molecular formula is C37H39FN2O. The SMILES string of the molecule is Fc1ccc(N2CCc3cc(OCc4ccccc4)ccc3C2Cc2ccc(CC=CN3CCCCC3)cc2)cc1. The molecule has 0 amide bonds. The summed E-state index contributed by atoms with van der Waals surface area (Å²) in [7, 11) is 0. The van der Waals surface area contributed by atoms with Gasteiger partial charge >= 0.3 is 0 Å². The molecular weight excluding hydrogens is 507 g/mol. The van der Waals surface area contributed by atoms with Gasteiger partial charge in [-0.3, -0.25) is 0 Å². The number of rotatable bonds is 9. The van der Waals surface area contributed by atoms with Crippen LogP contribution in [0.2, 0.25) is 0 Å². The van der Waals surface area contributed by atoms with E-state index >= 15 is 0 Å². The first kappa shape index (κ1) is 27.1. The maximum atomic E-state index is 13.8. The summed E-state index contributed by atoms with van der Waals surface area (Å²) in [5.41, 5.74) is 7.52. The van der Waals surface area contributed by atoms with Gasteiger partial charge < -0.3 is 14.5 Å². The van der Waals surface area contributed by atoms with Crippen molar-refractivity contribution in [2.24, 2.45) is 0 Å². The molecule has 210 valence electrons. The first-order valence-corrected chi connectivity index (χ1v) is 15.0. The number of benzene rings is 4. The highest BCUT2D eigenvalue weighted by Crippen LogP contribution is 2.37. The van der Waals surface area contributed by atoms with E-state index in [1.165, 1.54) is 54.6 Å². The van der Waals surface area contributed by atoms with Crippen molar-refractivity contribution in [1.29, 1.82) is 0 Å². The number of anilines is 1. The minimum atomic E-state index is -0.201. The van der Waals surface area contributed by atoms with Gasteiger partial charge in [-0.25, -0.2) is 4.39 Å². The molecule has 0 radical (unpaired) electrons. The van der Waals surface area contributed by atoms with Gasteiger partial charge in [-0.05, 0) is 109 Å². The molecule has 0 N–H and O–H groups in total. The zero-order chi connectivity index (χ0) is 27.9. The molecule has 1 fully saturated rings. The second-order valence-corrected chi connectivity index (χ2v) is 11.3. The Morgan fingerprint density at radius 3 is 2.29 bits per heavy atom. The molecule has 4 aromatic carbocycles. The Hall–Kier alpha value is -4.05. The Balaban J connectivity index is 1.19. The Bertz CT molecular complexity index is 1430. The van der Waals surface area contributed by atoms with Crippen molar-refractivity contribution >= 4 is 5.69 Å². The van der Waals surface area contributed by atoms with Gasteiger partial charge in [0.1, 0.15) is 18.2 Å². The van der Waals surface area contributed by atoms with Crippen molar-refractivity contribution in [3.63, 3.8) is 0 Å². The van der Waals surface area contributed by atoms with Crippen LogP contribution in [0.5, 0.6) is 5.75 Å². The minimum Gasteiger partial charge on any atom is -0.489 e. The number of hydrogen-bond acceptors (Lipinski definition) is 3. The second kappa shape index (κ2) is 13.1. The standard InChI is InChI=1S/C37H39FN2O/c38-33-15-17-34(18-16-33)40-25-21-32-27-35(41-28-31-8-3-1-4-9-31)19-20-36(32)37(40)26-30-13-11-29(12-14-30)10-7-24-39-22-5-2-6-23-39/h1,3-4,7-9,11-20,24,27,37H,2,5-6,10,21-23,25-26,28H2. The Morgan fingerprint density at radius 1 is 0.756 bits per heavy atom. The molecule has 0 saturated carbocycles. The first-order chi connectivity index (χ1) is 20.2. The molecule has 1 unspecified atom stereocenters. The third kappa shape index (κ3) is 7.00. The topological polar surface area (TPSA) is 15.7 Å². The molecule has 2 aliphatic rings. The molecule has 3 nitrogen and oxygen atoms in total. The van der Waals surface area contributed by atoms with Crippen molar-refractivity contribution < 1.29 is 9.13 Å². The molecule has 6 rings (SSSR count). The quantitative estimate of drug-likeness (QED) is 0.210. The number of fused-ring (bicyclic) bond motifs is 1. The predicted octanol–water partition coefficient (Wildman–Crippen LogP) is 8.29. The van der Waals surface area contributed by atoms with Crippen LogP contribution in [0.15, 0.2) is 109 Å². The van der Waals surface area contributed by atoms with Gasteiger partial charge in [0, 0.05) is 25.3 Å². The summed E-state index contributed by atoms with van der Waals surface area (Å²) in [6.07, 6.45) is 11.3. The monoisotopic (exact) mass is 546 g/mol. The average Bonchev–Trinajstić information content (AvgIpc) is 3.02. The van der Waals surface area contributed by atoms with E-state index < -0.39 is 0 Å². The summed E-state index contributed by atoms with van der Waals surface area (Å²) in [6, 6.07) is 33.0. The third-order valence-corrected chi connectivity index (χ3v) is 8.39. The molecule has 1 atom stereocenters. The van der Waals surface area contributed by atoms with Crippen LogP contribution >= 0.6 is 0 Å². The highest BCUT2D eigenvalue weighted by atomic mass is 19.1.